The molecule has 0 saturated heterocycles. The van der Waals surface area contributed by atoms with Crippen LogP contribution in [0.2, 0.25) is 5.02 Å². The molecule has 0 saturated carbocycles. The van der Waals surface area contributed by atoms with E-state index in [1.165, 1.54) is 4.57 Å². The van der Waals surface area contributed by atoms with Crippen LogP contribution in [0.4, 0.5) is 8.78 Å². The van der Waals surface area contributed by atoms with E-state index in [9.17, 15) is 13.6 Å². The smallest absolute Gasteiger partial charge is 0.268 e. The summed E-state index contributed by atoms with van der Waals surface area (Å²) in [6, 6.07) is 20.2. The van der Waals surface area contributed by atoms with Crippen LogP contribution in [-0.2, 0) is 0 Å². The average molecular weight is 498 g/mol. The molecule has 0 amide bonds. The van der Waals surface area contributed by atoms with Gasteiger partial charge in [-0.1, -0.05) is 70.0 Å². The number of carbonyl (C=O) groups is 1. The Kier molecular flexibility index (Phi) is 4.84. The van der Waals surface area contributed by atoms with Crippen LogP contribution in [0.15, 0.2) is 77.3 Å². The van der Waals surface area contributed by atoms with Crippen molar-refractivity contribution in [1.29, 1.82) is 0 Å². The van der Waals surface area contributed by atoms with Gasteiger partial charge in [0.1, 0.15) is 23.0 Å². The van der Waals surface area contributed by atoms with Crippen LogP contribution in [0.25, 0.3) is 33.2 Å². The predicted octanol–water partition coefficient (Wildman–Crippen LogP) is 7.24. The Morgan fingerprint density at radius 3 is 2.42 bits per heavy atom. The van der Waals surface area contributed by atoms with Gasteiger partial charge in [-0.25, -0.2) is 13.8 Å². The molecule has 0 aliphatic heterocycles. The van der Waals surface area contributed by atoms with Crippen molar-refractivity contribution in [2.45, 2.75) is 0 Å². The molecule has 1 aromatic heterocycles. The SMILES string of the molecule is O=C(c1c(F)cc(Br)cc1F)n1c(-c2cccc3ccccc23)nc2cc(Cl)ccc21. The molecule has 0 fully saturated rings. The Balaban J connectivity index is 1.85. The molecule has 4 aromatic carbocycles. The number of rotatable bonds is 2. The van der Waals surface area contributed by atoms with Crippen molar-refractivity contribution in [3.05, 3.63) is 99.5 Å². The molecule has 0 atom stereocenters. The average Bonchev–Trinajstić information content (AvgIpc) is 3.10. The van der Waals surface area contributed by atoms with Crippen LogP contribution >= 0.6 is 27.5 Å². The second-order valence-electron chi connectivity index (χ2n) is 6.98. The van der Waals surface area contributed by atoms with Crippen molar-refractivity contribution in [2.75, 3.05) is 0 Å². The summed E-state index contributed by atoms with van der Waals surface area (Å²) in [5, 5.41) is 2.25. The number of hydrogen-bond donors (Lipinski definition) is 0. The molecule has 0 radical (unpaired) electrons. The fourth-order valence-corrected chi connectivity index (χ4v) is 4.29. The largest absolute Gasteiger partial charge is 0.270 e. The lowest BCUT2D eigenvalue weighted by molar-refractivity contribution is 0.0958. The number of halogens is 4. The number of aromatic nitrogens is 2. The number of hydrogen-bond acceptors (Lipinski definition) is 2. The summed E-state index contributed by atoms with van der Waals surface area (Å²) >= 11 is 9.17. The van der Waals surface area contributed by atoms with E-state index in [1.54, 1.807) is 18.2 Å². The standard InChI is InChI=1S/C24H12BrClF2N2O/c25-14-10-18(27)22(19(28)11-14)24(31)30-21-9-8-15(26)12-20(21)29-23(30)17-7-3-5-13-4-1-2-6-16(13)17/h1-12H. The summed E-state index contributed by atoms with van der Waals surface area (Å²) in [6.07, 6.45) is 0. The van der Waals surface area contributed by atoms with Crippen molar-refractivity contribution < 1.29 is 13.6 Å². The minimum atomic E-state index is -0.962. The zero-order valence-corrected chi connectivity index (χ0v) is 18.1. The number of nitrogens with zero attached hydrogens (tertiary/aromatic N) is 2. The van der Waals surface area contributed by atoms with Crippen molar-refractivity contribution in [2.24, 2.45) is 0 Å². The summed E-state index contributed by atoms with van der Waals surface area (Å²) in [4.78, 5) is 18.1. The predicted molar refractivity (Wildman–Crippen MR) is 121 cm³/mol. The number of imidazole rings is 1. The molecule has 5 aromatic rings. The lowest BCUT2D eigenvalue weighted by Gasteiger charge is -2.12. The molecule has 152 valence electrons. The first kappa shape index (κ1) is 19.8. The Morgan fingerprint density at radius 2 is 1.65 bits per heavy atom. The number of carbonyl (C=O) groups excluding carboxylic acids is 1. The van der Waals surface area contributed by atoms with Gasteiger partial charge in [0, 0.05) is 15.1 Å². The van der Waals surface area contributed by atoms with Crippen molar-refractivity contribution in [3.8, 4) is 11.4 Å². The third kappa shape index (κ3) is 3.32. The monoisotopic (exact) mass is 496 g/mol. The molecule has 0 bridgehead atoms. The van der Waals surface area contributed by atoms with Crippen molar-refractivity contribution in [1.82, 2.24) is 9.55 Å². The Morgan fingerprint density at radius 1 is 0.935 bits per heavy atom. The molecule has 31 heavy (non-hydrogen) atoms. The highest BCUT2D eigenvalue weighted by atomic mass is 79.9. The van der Waals surface area contributed by atoms with Crippen LogP contribution in [0.1, 0.15) is 10.4 Å². The van der Waals surface area contributed by atoms with Crippen LogP contribution in [0.5, 0.6) is 0 Å². The topological polar surface area (TPSA) is 34.9 Å². The van der Waals surface area contributed by atoms with Gasteiger partial charge in [0.25, 0.3) is 5.91 Å². The first-order valence-corrected chi connectivity index (χ1v) is 10.5. The van der Waals surface area contributed by atoms with Crippen molar-refractivity contribution >= 4 is 55.2 Å². The molecular formula is C24H12BrClF2N2O. The Bertz CT molecular complexity index is 1480. The molecule has 0 N–H and O–H groups in total. The fraction of sp³-hybridized carbons (Fsp3) is 0. The quantitative estimate of drug-likeness (QED) is 0.258. The first-order chi connectivity index (χ1) is 14.9. The van der Waals surface area contributed by atoms with Crippen LogP contribution in [0.3, 0.4) is 0 Å². The molecule has 3 nitrogen and oxygen atoms in total. The van der Waals surface area contributed by atoms with E-state index in [-0.39, 0.29) is 10.3 Å². The fourth-order valence-electron chi connectivity index (χ4n) is 3.72. The summed E-state index contributed by atoms with van der Waals surface area (Å²) in [5.74, 6) is -2.50. The van der Waals surface area contributed by atoms with Gasteiger partial charge in [-0.15, -0.1) is 0 Å². The maximum absolute atomic E-state index is 14.7. The highest BCUT2D eigenvalue weighted by Crippen LogP contribution is 2.33. The summed E-state index contributed by atoms with van der Waals surface area (Å²) in [6.45, 7) is 0. The maximum atomic E-state index is 14.7. The lowest BCUT2D eigenvalue weighted by Crippen LogP contribution is -2.17. The molecule has 1 heterocycles. The summed E-state index contributed by atoms with van der Waals surface area (Å²) in [5.41, 5.74) is 0.858. The third-order valence-electron chi connectivity index (χ3n) is 5.07. The zero-order valence-electron chi connectivity index (χ0n) is 15.7. The number of benzene rings is 4. The van der Waals surface area contributed by atoms with Gasteiger partial charge < -0.3 is 0 Å². The molecule has 5 rings (SSSR count). The maximum Gasteiger partial charge on any atom is 0.270 e. The number of fused-ring (bicyclic) bond motifs is 2. The summed E-state index contributed by atoms with van der Waals surface area (Å²) in [7, 11) is 0. The van der Waals surface area contributed by atoms with E-state index < -0.39 is 23.1 Å². The van der Waals surface area contributed by atoms with Crippen LogP contribution < -0.4 is 0 Å². The van der Waals surface area contributed by atoms with Gasteiger partial charge in [0.15, 0.2) is 0 Å². The molecular weight excluding hydrogens is 486 g/mol. The minimum Gasteiger partial charge on any atom is -0.268 e. The second-order valence-corrected chi connectivity index (χ2v) is 8.33. The normalized spacial score (nSPS) is 11.4. The highest BCUT2D eigenvalue weighted by molar-refractivity contribution is 9.10. The van der Waals surface area contributed by atoms with Gasteiger partial charge >= 0.3 is 0 Å². The van der Waals surface area contributed by atoms with E-state index in [2.05, 4.69) is 20.9 Å². The molecule has 0 spiro atoms. The third-order valence-corrected chi connectivity index (χ3v) is 5.76. The van der Waals surface area contributed by atoms with Crippen LogP contribution in [0, 0.1) is 11.6 Å². The van der Waals surface area contributed by atoms with E-state index in [0.717, 1.165) is 22.9 Å². The second kappa shape index (κ2) is 7.55. The first-order valence-electron chi connectivity index (χ1n) is 9.29. The van der Waals surface area contributed by atoms with Crippen LogP contribution in [-0.4, -0.2) is 15.5 Å². The Labute approximate surface area is 189 Å². The van der Waals surface area contributed by atoms with E-state index in [0.29, 0.717) is 21.6 Å². The van der Waals surface area contributed by atoms with E-state index in [1.807, 2.05) is 42.5 Å². The Hall–Kier alpha value is -3.09. The highest BCUT2D eigenvalue weighted by Gasteiger charge is 2.26. The van der Waals surface area contributed by atoms with Gasteiger partial charge in [-0.3, -0.25) is 9.36 Å². The van der Waals surface area contributed by atoms with E-state index >= 15 is 0 Å². The van der Waals surface area contributed by atoms with Crippen molar-refractivity contribution in [3.63, 3.8) is 0 Å². The van der Waals surface area contributed by atoms with Gasteiger partial charge in [-0.05, 0) is 41.1 Å². The van der Waals surface area contributed by atoms with Gasteiger partial charge in [-0.2, -0.15) is 0 Å². The summed E-state index contributed by atoms with van der Waals surface area (Å²) < 4.78 is 30.8. The molecule has 7 heteroatoms. The molecule has 0 unspecified atom stereocenters. The van der Waals surface area contributed by atoms with Gasteiger partial charge in [0.2, 0.25) is 0 Å². The van der Waals surface area contributed by atoms with E-state index in [4.69, 9.17) is 11.6 Å². The molecule has 0 aliphatic carbocycles. The van der Waals surface area contributed by atoms with Gasteiger partial charge in [0.05, 0.1) is 11.0 Å². The minimum absolute atomic E-state index is 0.204. The lowest BCUT2D eigenvalue weighted by atomic mass is 10.0. The zero-order chi connectivity index (χ0) is 21.7. The molecule has 0 aliphatic rings.